The minimum Gasteiger partial charge on any atom is -0.497 e. The third-order valence-electron chi connectivity index (χ3n) is 6.81. The molecule has 1 amide bonds. The third-order valence-corrected chi connectivity index (χ3v) is 6.81. The minimum atomic E-state index is 0.0771. The summed E-state index contributed by atoms with van der Waals surface area (Å²) in [5.74, 6) is 0.959. The second-order valence-electron chi connectivity index (χ2n) is 9.00. The average Bonchev–Trinajstić information content (AvgIpc) is 3.17. The van der Waals surface area contributed by atoms with Crippen molar-refractivity contribution >= 4 is 5.91 Å². The summed E-state index contributed by atoms with van der Waals surface area (Å²) in [6.45, 7) is 8.71. The quantitative estimate of drug-likeness (QED) is 0.623. The molecule has 1 aliphatic heterocycles. The Morgan fingerprint density at radius 3 is 2.81 bits per heavy atom. The van der Waals surface area contributed by atoms with Crippen LogP contribution in [0.15, 0.2) is 36.9 Å². The van der Waals surface area contributed by atoms with Crippen LogP contribution in [-0.2, 0) is 25.9 Å². The molecule has 4 rings (SSSR count). The molecule has 1 saturated heterocycles. The van der Waals surface area contributed by atoms with Gasteiger partial charge in [-0.25, -0.2) is 0 Å². The number of rotatable bonds is 7. The number of benzene rings is 1. The van der Waals surface area contributed by atoms with E-state index in [9.17, 15) is 4.79 Å². The van der Waals surface area contributed by atoms with Crippen LogP contribution in [0.25, 0.3) is 0 Å². The van der Waals surface area contributed by atoms with E-state index >= 15 is 0 Å². The lowest BCUT2D eigenvalue weighted by atomic mass is 9.90. The van der Waals surface area contributed by atoms with E-state index in [-0.39, 0.29) is 5.91 Å². The SMILES string of the molecule is C=CCn1nc(C(=O)N2CCN(C)CC2)c2c1CCC(N(C)Cc1cccc(OC)c1)C2. The number of nitrogens with zero attached hydrogens (tertiary/aromatic N) is 5. The molecule has 1 aromatic carbocycles. The van der Waals surface area contributed by atoms with Gasteiger partial charge in [-0.15, -0.1) is 6.58 Å². The molecular formula is C25H35N5O2. The molecule has 0 bridgehead atoms. The van der Waals surface area contributed by atoms with Crippen molar-refractivity contribution < 1.29 is 9.53 Å². The Balaban J connectivity index is 1.54. The fourth-order valence-corrected chi connectivity index (χ4v) is 4.84. The molecule has 32 heavy (non-hydrogen) atoms. The Morgan fingerprint density at radius 2 is 2.09 bits per heavy atom. The van der Waals surface area contributed by atoms with Crippen LogP contribution in [0, 0.1) is 0 Å². The van der Waals surface area contributed by atoms with Crippen LogP contribution < -0.4 is 4.74 Å². The van der Waals surface area contributed by atoms with E-state index in [2.05, 4.69) is 42.6 Å². The zero-order valence-corrected chi connectivity index (χ0v) is 19.6. The predicted molar refractivity (Wildman–Crippen MR) is 126 cm³/mol. The number of aromatic nitrogens is 2. The van der Waals surface area contributed by atoms with Crippen molar-refractivity contribution in [2.45, 2.75) is 38.4 Å². The van der Waals surface area contributed by atoms with Crippen molar-refractivity contribution in [3.8, 4) is 5.75 Å². The monoisotopic (exact) mass is 437 g/mol. The highest BCUT2D eigenvalue weighted by Gasteiger charge is 2.33. The summed E-state index contributed by atoms with van der Waals surface area (Å²) < 4.78 is 7.37. The van der Waals surface area contributed by atoms with E-state index in [1.165, 1.54) is 11.3 Å². The summed E-state index contributed by atoms with van der Waals surface area (Å²) in [7, 11) is 5.97. The largest absolute Gasteiger partial charge is 0.497 e. The second kappa shape index (κ2) is 9.88. The van der Waals surface area contributed by atoms with E-state index in [0.717, 1.165) is 63.3 Å². The number of carbonyl (C=O) groups is 1. The Labute approximate surface area is 191 Å². The van der Waals surface area contributed by atoms with Gasteiger partial charge in [0.05, 0.1) is 13.7 Å². The molecule has 2 aromatic rings. The molecule has 1 fully saturated rings. The number of likely N-dealkylation sites (N-methyl/N-ethyl adjacent to an activating group) is 2. The van der Waals surface area contributed by atoms with Gasteiger partial charge in [-0.3, -0.25) is 14.4 Å². The van der Waals surface area contributed by atoms with E-state index < -0.39 is 0 Å². The average molecular weight is 438 g/mol. The Kier molecular flexibility index (Phi) is 6.96. The number of fused-ring (bicyclic) bond motifs is 1. The number of carbonyl (C=O) groups excluding carboxylic acids is 1. The maximum Gasteiger partial charge on any atom is 0.274 e. The Morgan fingerprint density at radius 1 is 1.31 bits per heavy atom. The van der Waals surface area contributed by atoms with Gasteiger partial charge in [0.25, 0.3) is 5.91 Å². The number of ether oxygens (including phenoxy) is 1. The fraction of sp³-hybridized carbons (Fsp3) is 0.520. The van der Waals surface area contributed by atoms with Crippen LogP contribution in [0.4, 0.5) is 0 Å². The number of hydrogen-bond donors (Lipinski definition) is 0. The summed E-state index contributed by atoms with van der Waals surface area (Å²) in [4.78, 5) is 20.0. The van der Waals surface area contributed by atoms with Crippen LogP contribution in [0.3, 0.4) is 0 Å². The van der Waals surface area contributed by atoms with E-state index in [1.807, 2.05) is 27.8 Å². The molecule has 172 valence electrons. The summed E-state index contributed by atoms with van der Waals surface area (Å²) in [6, 6.07) is 8.61. The molecule has 1 aliphatic carbocycles. The number of methoxy groups -OCH3 is 1. The van der Waals surface area contributed by atoms with E-state index in [1.54, 1.807) is 7.11 Å². The van der Waals surface area contributed by atoms with Gasteiger partial charge in [0.2, 0.25) is 0 Å². The molecule has 0 saturated carbocycles. The van der Waals surface area contributed by atoms with Gasteiger partial charge in [-0.05, 0) is 51.1 Å². The van der Waals surface area contributed by atoms with Crippen LogP contribution in [0.1, 0.15) is 33.7 Å². The van der Waals surface area contributed by atoms with Gasteiger partial charge < -0.3 is 14.5 Å². The van der Waals surface area contributed by atoms with Crippen LogP contribution in [0.2, 0.25) is 0 Å². The second-order valence-corrected chi connectivity index (χ2v) is 9.00. The van der Waals surface area contributed by atoms with Gasteiger partial charge in [0.1, 0.15) is 5.75 Å². The highest BCUT2D eigenvalue weighted by molar-refractivity contribution is 5.94. The van der Waals surface area contributed by atoms with E-state index in [4.69, 9.17) is 9.84 Å². The molecule has 2 heterocycles. The zero-order chi connectivity index (χ0) is 22.7. The van der Waals surface area contributed by atoms with E-state index in [0.29, 0.717) is 18.3 Å². The number of amides is 1. The Hall–Kier alpha value is -2.64. The van der Waals surface area contributed by atoms with Gasteiger partial charge in [-0.2, -0.15) is 5.10 Å². The van der Waals surface area contributed by atoms with Gasteiger partial charge in [-0.1, -0.05) is 18.2 Å². The fourth-order valence-electron chi connectivity index (χ4n) is 4.84. The highest BCUT2D eigenvalue weighted by atomic mass is 16.5. The summed E-state index contributed by atoms with van der Waals surface area (Å²) in [6.07, 6.45) is 4.69. The standard InChI is InChI=1S/C25H35N5O2/c1-5-11-30-23-10-9-20(28(3)18-19-7-6-8-21(16-19)32-4)17-22(23)24(26-30)25(31)29-14-12-27(2)13-15-29/h5-8,16,20H,1,9-15,17-18H2,2-4H3. The summed E-state index contributed by atoms with van der Waals surface area (Å²) >= 11 is 0. The molecular weight excluding hydrogens is 402 g/mol. The summed E-state index contributed by atoms with van der Waals surface area (Å²) in [5, 5.41) is 4.78. The molecule has 7 nitrogen and oxygen atoms in total. The van der Waals surface area contributed by atoms with Crippen molar-refractivity contribution in [2.75, 3.05) is 47.4 Å². The first-order valence-electron chi connectivity index (χ1n) is 11.5. The van der Waals surface area contributed by atoms with Gasteiger partial charge in [0, 0.05) is 50.0 Å². The molecule has 2 aliphatic rings. The molecule has 0 radical (unpaired) electrons. The third kappa shape index (κ3) is 4.74. The number of piperazine rings is 1. The predicted octanol–water partition coefficient (Wildman–Crippen LogP) is 2.45. The van der Waals surface area contributed by atoms with Crippen molar-refractivity contribution in [3.63, 3.8) is 0 Å². The zero-order valence-electron chi connectivity index (χ0n) is 19.6. The highest BCUT2D eigenvalue weighted by Crippen LogP contribution is 2.29. The van der Waals surface area contributed by atoms with Crippen LogP contribution in [-0.4, -0.2) is 83.8 Å². The smallest absolute Gasteiger partial charge is 0.274 e. The maximum atomic E-state index is 13.4. The number of hydrogen-bond acceptors (Lipinski definition) is 5. The lowest BCUT2D eigenvalue weighted by molar-refractivity contribution is 0.0655. The molecule has 1 unspecified atom stereocenters. The molecule has 0 N–H and O–H groups in total. The summed E-state index contributed by atoms with van der Waals surface area (Å²) in [5.41, 5.74) is 4.21. The van der Waals surface area contributed by atoms with Crippen molar-refractivity contribution in [2.24, 2.45) is 0 Å². The van der Waals surface area contributed by atoms with Gasteiger partial charge in [0.15, 0.2) is 5.69 Å². The normalized spacial score (nSPS) is 19.1. The first-order valence-corrected chi connectivity index (χ1v) is 11.5. The lowest BCUT2D eigenvalue weighted by Gasteiger charge is -2.33. The number of allylic oxidation sites excluding steroid dienone is 1. The van der Waals surface area contributed by atoms with Crippen molar-refractivity contribution in [3.05, 3.63) is 59.4 Å². The van der Waals surface area contributed by atoms with Crippen LogP contribution >= 0.6 is 0 Å². The maximum absolute atomic E-state index is 13.4. The molecule has 1 atom stereocenters. The molecule has 0 spiro atoms. The topological polar surface area (TPSA) is 53.8 Å². The molecule has 1 aromatic heterocycles. The first-order chi connectivity index (χ1) is 15.5. The lowest BCUT2D eigenvalue weighted by Crippen LogP contribution is -2.47. The van der Waals surface area contributed by atoms with Gasteiger partial charge >= 0.3 is 0 Å². The van der Waals surface area contributed by atoms with Crippen molar-refractivity contribution in [1.29, 1.82) is 0 Å². The molecule has 7 heteroatoms. The van der Waals surface area contributed by atoms with Crippen LogP contribution in [0.5, 0.6) is 5.75 Å². The Bertz CT molecular complexity index is 961. The van der Waals surface area contributed by atoms with Crippen molar-refractivity contribution in [1.82, 2.24) is 24.5 Å². The first kappa shape index (κ1) is 22.6. The minimum absolute atomic E-state index is 0.0771.